The molecule has 0 aromatic heterocycles. The summed E-state index contributed by atoms with van der Waals surface area (Å²) in [6.07, 6.45) is 5.93. The Hall–Kier alpha value is -2.58. The highest BCUT2D eigenvalue weighted by Gasteiger charge is 2.48. The van der Waals surface area contributed by atoms with Gasteiger partial charge in [-0.2, -0.15) is 0 Å². The van der Waals surface area contributed by atoms with Crippen molar-refractivity contribution in [3.8, 4) is 0 Å². The van der Waals surface area contributed by atoms with Crippen LogP contribution in [0.1, 0.15) is 65.4 Å². The molecule has 206 valence electrons. The number of rotatable bonds is 15. The van der Waals surface area contributed by atoms with E-state index in [2.05, 4.69) is 12.2 Å². The number of nitrogens with zero attached hydrogens (tertiary/aromatic N) is 1. The molecule has 8 heteroatoms. The molecule has 1 aliphatic carbocycles. The first kappa shape index (κ1) is 30.6. The molecule has 0 fully saturated rings. The number of nitrogens with one attached hydrogen (secondary N) is 1. The number of primary amides is 1. The molecule has 1 aromatic carbocycles. The van der Waals surface area contributed by atoms with Gasteiger partial charge >= 0.3 is 0 Å². The number of carbonyl (C=O) groups excluding carboxylic acids is 2. The molecule has 0 bridgehead atoms. The molecule has 0 saturated carbocycles. The van der Waals surface area contributed by atoms with E-state index in [-0.39, 0.29) is 25.3 Å². The second-order valence-corrected chi connectivity index (χ2v) is 10.1. The molecular weight excluding hydrogens is 476 g/mol. The van der Waals surface area contributed by atoms with Crippen molar-refractivity contribution in [2.45, 2.75) is 72.3 Å². The number of hydrogen-bond acceptors (Lipinski definition) is 4. The van der Waals surface area contributed by atoms with Crippen molar-refractivity contribution in [1.82, 2.24) is 10.2 Å². The summed E-state index contributed by atoms with van der Waals surface area (Å²) in [6, 6.07) is 3.19. The minimum atomic E-state index is -1.41. The zero-order valence-electron chi connectivity index (χ0n) is 22.7. The lowest BCUT2D eigenvalue weighted by molar-refractivity contribution is -0.132. The van der Waals surface area contributed by atoms with Crippen LogP contribution in [-0.4, -0.2) is 54.1 Å². The summed E-state index contributed by atoms with van der Waals surface area (Å²) < 4.78 is 28.1. The fourth-order valence-corrected chi connectivity index (χ4v) is 5.25. The number of allylic oxidation sites excluding steroid dienone is 2. The molecule has 0 heterocycles. The van der Waals surface area contributed by atoms with Crippen molar-refractivity contribution in [3.63, 3.8) is 0 Å². The zero-order valence-corrected chi connectivity index (χ0v) is 22.7. The molecule has 1 aromatic rings. The Kier molecular flexibility index (Phi) is 11.9. The normalized spacial score (nSPS) is 19.1. The molecule has 37 heavy (non-hydrogen) atoms. The third kappa shape index (κ3) is 8.20. The number of hydrogen-bond donors (Lipinski definition) is 3. The van der Waals surface area contributed by atoms with Crippen molar-refractivity contribution < 1.29 is 23.5 Å². The van der Waals surface area contributed by atoms with Crippen LogP contribution < -0.4 is 11.1 Å². The van der Waals surface area contributed by atoms with Gasteiger partial charge in [-0.1, -0.05) is 44.9 Å². The summed E-state index contributed by atoms with van der Waals surface area (Å²) >= 11 is 0. The fourth-order valence-electron chi connectivity index (χ4n) is 5.25. The number of aliphatic hydroxyl groups is 1. The highest BCUT2D eigenvalue weighted by atomic mass is 19.1. The Labute approximate surface area is 220 Å². The van der Waals surface area contributed by atoms with Gasteiger partial charge in [0.1, 0.15) is 11.6 Å². The number of aliphatic hydroxyl groups excluding tert-OH is 1. The summed E-state index contributed by atoms with van der Waals surface area (Å²) in [5.74, 6) is -3.14. The van der Waals surface area contributed by atoms with E-state index in [1.165, 1.54) is 12.1 Å². The van der Waals surface area contributed by atoms with E-state index < -0.39 is 35.0 Å². The van der Waals surface area contributed by atoms with Gasteiger partial charge in [0.25, 0.3) is 0 Å². The molecule has 1 aliphatic rings. The predicted molar refractivity (Wildman–Crippen MR) is 143 cm³/mol. The third-order valence-electron chi connectivity index (χ3n) is 6.94. The van der Waals surface area contributed by atoms with Crippen LogP contribution in [0.4, 0.5) is 8.78 Å². The van der Waals surface area contributed by atoms with Gasteiger partial charge in [-0.05, 0) is 63.3 Å². The highest BCUT2D eigenvalue weighted by Crippen LogP contribution is 2.44. The fraction of sp³-hybridized carbons (Fsp3) is 0.586. The summed E-state index contributed by atoms with van der Waals surface area (Å²) in [7, 11) is 0. The second kappa shape index (κ2) is 14.4. The predicted octanol–water partition coefficient (Wildman–Crippen LogP) is 4.27. The molecule has 6 nitrogen and oxygen atoms in total. The summed E-state index contributed by atoms with van der Waals surface area (Å²) in [5.41, 5.74) is 6.06. The molecule has 3 atom stereocenters. The van der Waals surface area contributed by atoms with Gasteiger partial charge in [0.05, 0.1) is 11.5 Å². The quantitative estimate of drug-likeness (QED) is 0.302. The zero-order chi connectivity index (χ0) is 27.6. The molecule has 0 saturated heterocycles. The maximum Gasteiger partial charge on any atom is 0.249 e. The summed E-state index contributed by atoms with van der Waals surface area (Å²) in [6.45, 7) is 9.88. The maximum atomic E-state index is 14.0. The van der Waals surface area contributed by atoms with Crippen LogP contribution in [0, 0.1) is 23.0 Å². The Morgan fingerprint density at radius 1 is 1.11 bits per heavy atom. The Balaban J connectivity index is 2.52. The van der Waals surface area contributed by atoms with Crippen molar-refractivity contribution in [2.24, 2.45) is 17.1 Å². The lowest BCUT2D eigenvalue weighted by atomic mass is 9.63. The van der Waals surface area contributed by atoms with Crippen LogP contribution >= 0.6 is 0 Å². The van der Waals surface area contributed by atoms with Gasteiger partial charge < -0.3 is 21.1 Å². The molecule has 1 unspecified atom stereocenters. The first-order valence-electron chi connectivity index (χ1n) is 13.4. The van der Waals surface area contributed by atoms with E-state index in [1.807, 2.05) is 13.8 Å². The van der Waals surface area contributed by atoms with Gasteiger partial charge in [0.2, 0.25) is 11.8 Å². The second-order valence-electron chi connectivity index (χ2n) is 10.1. The molecule has 2 rings (SSSR count). The number of carbonyl (C=O) groups is 2. The van der Waals surface area contributed by atoms with E-state index in [1.54, 1.807) is 24.0 Å². The summed E-state index contributed by atoms with van der Waals surface area (Å²) in [5, 5.41) is 14.6. The van der Waals surface area contributed by atoms with E-state index in [0.29, 0.717) is 36.3 Å². The van der Waals surface area contributed by atoms with Crippen LogP contribution in [0.3, 0.4) is 0 Å². The first-order chi connectivity index (χ1) is 17.6. The van der Waals surface area contributed by atoms with Crippen LogP contribution in [0.5, 0.6) is 0 Å². The Morgan fingerprint density at radius 2 is 1.73 bits per heavy atom. The van der Waals surface area contributed by atoms with Crippen molar-refractivity contribution in [2.75, 3.05) is 26.2 Å². The lowest BCUT2D eigenvalue weighted by Crippen LogP contribution is -2.52. The SMILES string of the molecule is CCCCNC[C@H](O)[C@@H](Cc1cc(F)cc(F)c1)C1(C(N)=O)C=C(C)C=C(C(=O)N(CCC)CCC)C1. The monoisotopic (exact) mass is 519 g/mol. The molecule has 0 aliphatic heterocycles. The third-order valence-corrected chi connectivity index (χ3v) is 6.94. The number of benzene rings is 1. The molecule has 0 spiro atoms. The van der Waals surface area contributed by atoms with Gasteiger partial charge in [0.15, 0.2) is 0 Å². The van der Waals surface area contributed by atoms with Crippen LogP contribution in [-0.2, 0) is 16.0 Å². The molecule has 2 amide bonds. The van der Waals surface area contributed by atoms with Crippen LogP contribution in [0.15, 0.2) is 41.5 Å². The lowest BCUT2D eigenvalue weighted by Gasteiger charge is -2.42. The number of unbranched alkanes of at least 4 members (excludes halogenated alkanes) is 1. The van der Waals surface area contributed by atoms with Gasteiger partial charge in [-0.15, -0.1) is 0 Å². The van der Waals surface area contributed by atoms with Crippen LogP contribution in [0.25, 0.3) is 0 Å². The van der Waals surface area contributed by atoms with E-state index >= 15 is 0 Å². The Bertz CT molecular complexity index is 968. The van der Waals surface area contributed by atoms with Gasteiger partial charge in [-0.25, -0.2) is 8.78 Å². The van der Waals surface area contributed by atoms with Gasteiger partial charge in [0, 0.05) is 37.2 Å². The van der Waals surface area contributed by atoms with Crippen molar-refractivity contribution >= 4 is 11.8 Å². The standard InChI is InChI=1S/C29H43F2N3O3/c1-5-8-9-33-19-26(35)25(15-21-13-23(30)16-24(31)14-21)29(28(32)37)17-20(4)12-22(18-29)27(36)34(10-6-2)11-7-3/h12-14,16-17,25-26,33,35H,5-11,15,18-19H2,1-4H3,(H2,32,37)/t25-,26+,29?/m1/s1. The average molecular weight is 520 g/mol. The van der Waals surface area contributed by atoms with Crippen molar-refractivity contribution in [1.29, 1.82) is 0 Å². The van der Waals surface area contributed by atoms with Gasteiger partial charge in [-0.3, -0.25) is 9.59 Å². The Morgan fingerprint density at radius 3 is 2.27 bits per heavy atom. The number of halogens is 2. The first-order valence-corrected chi connectivity index (χ1v) is 13.4. The average Bonchev–Trinajstić information content (AvgIpc) is 2.83. The molecule has 0 radical (unpaired) electrons. The molecule has 4 N–H and O–H groups in total. The topological polar surface area (TPSA) is 95.7 Å². The number of amides is 2. The molecular formula is C29H43F2N3O3. The largest absolute Gasteiger partial charge is 0.391 e. The minimum Gasteiger partial charge on any atom is -0.391 e. The van der Waals surface area contributed by atoms with E-state index in [9.17, 15) is 23.5 Å². The smallest absolute Gasteiger partial charge is 0.249 e. The summed E-state index contributed by atoms with van der Waals surface area (Å²) in [4.78, 5) is 28.5. The number of nitrogens with two attached hydrogens (primary N) is 1. The highest BCUT2D eigenvalue weighted by molar-refractivity contribution is 5.96. The maximum absolute atomic E-state index is 14.0. The van der Waals surface area contributed by atoms with Crippen molar-refractivity contribution in [3.05, 3.63) is 58.7 Å². The van der Waals surface area contributed by atoms with E-state index in [4.69, 9.17) is 5.73 Å². The van der Waals surface area contributed by atoms with Crippen LogP contribution in [0.2, 0.25) is 0 Å². The minimum absolute atomic E-state index is 0.00707. The van der Waals surface area contributed by atoms with E-state index in [0.717, 1.165) is 31.7 Å².